The molecule has 1 atom stereocenters. The van der Waals surface area contributed by atoms with Gasteiger partial charge in [0.1, 0.15) is 23.0 Å². The lowest BCUT2D eigenvalue weighted by atomic mass is 10.1. The number of aliphatic hydroxyl groups excluding tert-OH is 1. The summed E-state index contributed by atoms with van der Waals surface area (Å²) in [6, 6.07) is 6.98. The Labute approximate surface area is 123 Å². The predicted molar refractivity (Wildman–Crippen MR) is 80.3 cm³/mol. The van der Waals surface area contributed by atoms with Crippen LogP contribution in [-0.4, -0.2) is 30.3 Å². The second kappa shape index (κ2) is 5.87. The van der Waals surface area contributed by atoms with Crippen LogP contribution in [0.25, 0.3) is 11.0 Å². The van der Waals surface area contributed by atoms with Gasteiger partial charge in [-0.1, -0.05) is 12.1 Å². The lowest BCUT2D eigenvalue weighted by molar-refractivity contribution is 0.0601. The van der Waals surface area contributed by atoms with Crippen molar-refractivity contribution in [2.75, 3.05) is 13.7 Å². The van der Waals surface area contributed by atoms with Crippen LogP contribution in [0.1, 0.15) is 43.0 Å². The number of carbonyl (C=O) groups excluding carboxylic acids is 1. The van der Waals surface area contributed by atoms with Crippen LogP contribution in [0.4, 0.5) is 0 Å². The summed E-state index contributed by atoms with van der Waals surface area (Å²) in [5.74, 6) is -0.0260. The summed E-state index contributed by atoms with van der Waals surface area (Å²) < 4.78 is 10.4. The summed E-state index contributed by atoms with van der Waals surface area (Å²) >= 11 is 0. The number of para-hydroxylation sites is 1. The number of esters is 1. The van der Waals surface area contributed by atoms with Crippen molar-refractivity contribution in [2.24, 2.45) is 0 Å². The molecule has 21 heavy (non-hydrogen) atoms. The normalized spacial score (nSPS) is 13.4. The highest BCUT2D eigenvalue weighted by Gasteiger charge is 2.19. The van der Waals surface area contributed by atoms with E-state index in [0.717, 1.165) is 5.39 Å². The standard InChI is InChI=1S/C16H21NO4/c1-16(2,3)17-9-12(18)13-8-10-6-5-7-11(14(10)21-13)15(19)20-4/h5-8,12,17-18H,9H2,1-4H3. The summed E-state index contributed by atoms with van der Waals surface area (Å²) in [5.41, 5.74) is 0.704. The molecule has 5 nitrogen and oxygen atoms in total. The maximum Gasteiger partial charge on any atom is 0.341 e. The van der Waals surface area contributed by atoms with Crippen LogP contribution in [0.15, 0.2) is 28.7 Å². The topological polar surface area (TPSA) is 71.7 Å². The summed E-state index contributed by atoms with van der Waals surface area (Å²) in [7, 11) is 1.33. The third-order valence-electron chi connectivity index (χ3n) is 3.12. The Hall–Kier alpha value is -1.85. The van der Waals surface area contributed by atoms with Gasteiger partial charge in [0.25, 0.3) is 0 Å². The van der Waals surface area contributed by atoms with Crippen molar-refractivity contribution in [3.8, 4) is 0 Å². The van der Waals surface area contributed by atoms with Gasteiger partial charge in [0.15, 0.2) is 0 Å². The van der Waals surface area contributed by atoms with E-state index in [-0.39, 0.29) is 5.54 Å². The summed E-state index contributed by atoms with van der Waals surface area (Å²) in [6.45, 7) is 6.44. The molecule has 1 heterocycles. The molecule has 0 aliphatic rings. The van der Waals surface area contributed by atoms with Gasteiger partial charge in [-0.3, -0.25) is 0 Å². The van der Waals surface area contributed by atoms with E-state index in [9.17, 15) is 9.90 Å². The molecule has 0 bridgehead atoms. The minimum Gasteiger partial charge on any atom is -0.465 e. The van der Waals surface area contributed by atoms with Crippen LogP contribution in [0.3, 0.4) is 0 Å². The molecule has 2 N–H and O–H groups in total. The third-order valence-corrected chi connectivity index (χ3v) is 3.12. The Balaban J connectivity index is 2.28. The fourth-order valence-corrected chi connectivity index (χ4v) is 2.02. The average Bonchev–Trinajstić information content (AvgIpc) is 2.86. The van der Waals surface area contributed by atoms with Crippen LogP contribution >= 0.6 is 0 Å². The van der Waals surface area contributed by atoms with Gasteiger partial charge in [-0.05, 0) is 32.9 Å². The average molecular weight is 291 g/mol. The number of benzene rings is 1. The number of nitrogens with one attached hydrogen (secondary N) is 1. The van der Waals surface area contributed by atoms with E-state index in [1.165, 1.54) is 7.11 Å². The molecule has 2 aromatic rings. The van der Waals surface area contributed by atoms with Crippen LogP contribution in [0.2, 0.25) is 0 Å². The maximum absolute atomic E-state index is 11.7. The van der Waals surface area contributed by atoms with E-state index in [4.69, 9.17) is 9.15 Å². The van der Waals surface area contributed by atoms with Crippen molar-refractivity contribution < 1.29 is 19.1 Å². The molecule has 0 spiro atoms. The minimum atomic E-state index is -0.776. The lowest BCUT2D eigenvalue weighted by Crippen LogP contribution is -2.38. The number of aliphatic hydroxyl groups is 1. The van der Waals surface area contributed by atoms with E-state index in [2.05, 4.69) is 5.32 Å². The van der Waals surface area contributed by atoms with E-state index in [0.29, 0.717) is 23.5 Å². The molecule has 0 amide bonds. The first-order valence-electron chi connectivity index (χ1n) is 6.85. The van der Waals surface area contributed by atoms with Crippen molar-refractivity contribution >= 4 is 16.9 Å². The van der Waals surface area contributed by atoms with Crippen molar-refractivity contribution in [1.82, 2.24) is 5.32 Å². The zero-order valence-corrected chi connectivity index (χ0v) is 12.8. The Bertz CT molecular complexity index is 639. The molecule has 5 heteroatoms. The van der Waals surface area contributed by atoms with Gasteiger partial charge >= 0.3 is 5.97 Å². The number of β-amino-alcohol motifs (C(OH)–C–C–N with tert-alkyl or cyclic N) is 1. The zero-order valence-electron chi connectivity index (χ0n) is 12.8. The first-order valence-corrected chi connectivity index (χ1v) is 6.85. The van der Waals surface area contributed by atoms with Crippen LogP contribution in [0, 0.1) is 0 Å². The van der Waals surface area contributed by atoms with E-state index < -0.39 is 12.1 Å². The van der Waals surface area contributed by atoms with Crippen molar-refractivity contribution in [2.45, 2.75) is 32.4 Å². The zero-order chi connectivity index (χ0) is 15.6. The molecule has 1 aromatic carbocycles. The first kappa shape index (κ1) is 15.5. The highest BCUT2D eigenvalue weighted by Crippen LogP contribution is 2.27. The molecule has 0 radical (unpaired) electrons. The van der Waals surface area contributed by atoms with Crippen LogP contribution < -0.4 is 5.32 Å². The van der Waals surface area contributed by atoms with Gasteiger partial charge in [-0.2, -0.15) is 0 Å². The minimum absolute atomic E-state index is 0.0931. The summed E-state index contributed by atoms with van der Waals surface area (Å²) in [6.07, 6.45) is -0.776. The molecule has 0 aliphatic carbocycles. The Morgan fingerprint density at radius 1 is 1.43 bits per heavy atom. The third kappa shape index (κ3) is 3.62. The van der Waals surface area contributed by atoms with E-state index >= 15 is 0 Å². The summed E-state index contributed by atoms with van der Waals surface area (Å²) in [4.78, 5) is 11.7. The molecule has 2 rings (SSSR count). The largest absolute Gasteiger partial charge is 0.465 e. The van der Waals surface area contributed by atoms with Crippen LogP contribution in [0.5, 0.6) is 0 Å². The molecule has 0 saturated heterocycles. The molecule has 0 saturated carbocycles. The van der Waals surface area contributed by atoms with E-state index in [1.54, 1.807) is 18.2 Å². The SMILES string of the molecule is COC(=O)c1cccc2cc(C(O)CNC(C)(C)C)oc12. The predicted octanol–water partition coefficient (Wildman–Crippen LogP) is 2.64. The Morgan fingerprint density at radius 2 is 2.14 bits per heavy atom. The molecule has 1 unspecified atom stereocenters. The number of furan rings is 1. The van der Waals surface area contributed by atoms with Gasteiger partial charge in [0.05, 0.1) is 7.11 Å². The maximum atomic E-state index is 11.7. The molecule has 114 valence electrons. The van der Waals surface area contributed by atoms with Crippen molar-refractivity contribution in [1.29, 1.82) is 0 Å². The number of hydrogen-bond donors (Lipinski definition) is 2. The smallest absolute Gasteiger partial charge is 0.341 e. The Kier molecular flexibility index (Phi) is 4.34. The Morgan fingerprint density at radius 3 is 2.76 bits per heavy atom. The molecular formula is C16H21NO4. The monoisotopic (exact) mass is 291 g/mol. The van der Waals surface area contributed by atoms with Crippen LogP contribution in [-0.2, 0) is 4.74 Å². The van der Waals surface area contributed by atoms with Crippen molar-refractivity contribution in [3.63, 3.8) is 0 Å². The number of methoxy groups -OCH3 is 1. The number of hydrogen-bond acceptors (Lipinski definition) is 5. The van der Waals surface area contributed by atoms with Gasteiger partial charge < -0.3 is 19.6 Å². The molecule has 0 fully saturated rings. The first-order chi connectivity index (χ1) is 9.81. The van der Waals surface area contributed by atoms with Gasteiger partial charge in [-0.25, -0.2) is 4.79 Å². The number of carbonyl (C=O) groups is 1. The van der Waals surface area contributed by atoms with Gasteiger partial charge in [-0.15, -0.1) is 0 Å². The highest BCUT2D eigenvalue weighted by atomic mass is 16.5. The number of ether oxygens (including phenoxy) is 1. The second-order valence-electron chi connectivity index (χ2n) is 6.01. The molecule has 1 aromatic heterocycles. The van der Waals surface area contributed by atoms with Crippen molar-refractivity contribution in [3.05, 3.63) is 35.6 Å². The fourth-order valence-electron chi connectivity index (χ4n) is 2.02. The van der Waals surface area contributed by atoms with Gasteiger partial charge in [0, 0.05) is 17.5 Å². The lowest BCUT2D eigenvalue weighted by Gasteiger charge is -2.22. The number of rotatable bonds is 4. The quantitative estimate of drug-likeness (QED) is 0.847. The second-order valence-corrected chi connectivity index (χ2v) is 6.01. The van der Waals surface area contributed by atoms with E-state index in [1.807, 2.05) is 26.8 Å². The fraction of sp³-hybridized carbons (Fsp3) is 0.438. The number of fused-ring (bicyclic) bond motifs is 1. The molecule has 0 aliphatic heterocycles. The molecular weight excluding hydrogens is 270 g/mol. The summed E-state index contributed by atoms with van der Waals surface area (Å²) in [5, 5.41) is 14.2. The van der Waals surface area contributed by atoms with Gasteiger partial charge in [0.2, 0.25) is 0 Å². The highest BCUT2D eigenvalue weighted by molar-refractivity contribution is 6.02.